The molecule has 2 N–H and O–H groups in total. The molecule has 2 aromatic heterocycles. The van der Waals surface area contributed by atoms with E-state index in [1.165, 1.54) is 18.2 Å². The van der Waals surface area contributed by atoms with E-state index in [0.717, 1.165) is 17.0 Å². The number of aromatic nitrogens is 3. The van der Waals surface area contributed by atoms with Gasteiger partial charge in [0.2, 0.25) is 5.91 Å². The smallest absolute Gasteiger partial charge is 0.387 e. The second-order valence-electron chi connectivity index (χ2n) is 6.05. The number of aromatic amines is 1. The van der Waals surface area contributed by atoms with E-state index in [2.05, 4.69) is 20.1 Å². The number of halogens is 2. The predicted octanol–water partition coefficient (Wildman–Crippen LogP) is 2.10. The Balaban J connectivity index is 1.65. The maximum atomic E-state index is 12.2. The topological polar surface area (TPSA) is 88.5 Å². The molecule has 0 atom stereocenters. The van der Waals surface area contributed by atoms with Crippen LogP contribution in [-0.4, -0.2) is 27.1 Å². The van der Waals surface area contributed by atoms with Gasteiger partial charge in [0.25, 0.3) is 5.56 Å². The summed E-state index contributed by atoms with van der Waals surface area (Å²) in [5.41, 5.74) is 3.27. The molecule has 3 rings (SSSR count). The largest absolute Gasteiger partial charge is 0.435 e. The van der Waals surface area contributed by atoms with Crippen LogP contribution in [0, 0.1) is 13.8 Å². The summed E-state index contributed by atoms with van der Waals surface area (Å²) in [6, 6.07) is 7.31. The molecule has 9 heteroatoms. The summed E-state index contributed by atoms with van der Waals surface area (Å²) in [4.78, 5) is 28.0. The molecule has 0 spiro atoms. The monoisotopic (exact) mass is 376 g/mol. The first-order chi connectivity index (χ1) is 12.8. The van der Waals surface area contributed by atoms with E-state index in [0.29, 0.717) is 11.2 Å². The molecular weight excluding hydrogens is 358 g/mol. The third-order valence-electron chi connectivity index (χ3n) is 4.18. The van der Waals surface area contributed by atoms with Crippen LogP contribution in [0.2, 0.25) is 0 Å². The third kappa shape index (κ3) is 4.30. The van der Waals surface area contributed by atoms with Crippen molar-refractivity contribution >= 4 is 11.6 Å². The number of aryl methyl sites for hydroxylation is 2. The lowest BCUT2D eigenvalue weighted by atomic mass is 10.1. The van der Waals surface area contributed by atoms with E-state index in [1.54, 1.807) is 16.6 Å². The van der Waals surface area contributed by atoms with Gasteiger partial charge in [-0.2, -0.15) is 8.78 Å². The lowest BCUT2D eigenvalue weighted by Gasteiger charge is -2.12. The molecule has 0 unspecified atom stereocenters. The summed E-state index contributed by atoms with van der Waals surface area (Å²) in [7, 11) is 0. The van der Waals surface area contributed by atoms with Crippen molar-refractivity contribution in [1.29, 1.82) is 0 Å². The standard InChI is InChI=1S/C18H18F2N4O3/c1-10-14(11(2)24-15(22-10)8-17(26)23-24)9-21-16(25)7-12-3-5-13(6-4-12)27-18(19)20/h3-6,8,18H,7,9H2,1-2H3,(H,21,25)(H,23,26). The van der Waals surface area contributed by atoms with E-state index in [9.17, 15) is 18.4 Å². The van der Waals surface area contributed by atoms with E-state index in [1.807, 2.05) is 13.8 Å². The number of carbonyl (C=O) groups is 1. The molecule has 1 amide bonds. The van der Waals surface area contributed by atoms with Gasteiger partial charge in [0, 0.05) is 29.6 Å². The van der Waals surface area contributed by atoms with Crippen LogP contribution in [0.25, 0.3) is 5.65 Å². The molecule has 0 saturated heterocycles. The third-order valence-corrected chi connectivity index (χ3v) is 4.18. The van der Waals surface area contributed by atoms with Crippen molar-refractivity contribution in [3.8, 4) is 5.75 Å². The minimum absolute atomic E-state index is 0.0421. The zero-order valence-electron chi connectivity index (χ0n) is 14.8. The van der Waals surface area contributed by atoms with E-state index >= 15 is 0 Å². The zero-order valence-corrected chi connectivity index (χ0v) is 14.8. The second kappa shape index (κ2) is 7.56. The van der Waals surface area contributed by atoms with Gasteiger partial charge in [-0.15, -0.1) is 0 Å². The number of hydrogen-bond acceptors (Lipinski definition) is 4. The van der Waals surface area contributed by atoms with Gasteiger partial charge >= 0.3 is 6.61 Å². The molecule has 2 heterocycles. The van der Waals surface area contributed by atoms with Crippen LogP contribution in [0.5, 0.6) is 5.75 Å². The van der Waals surface area contributed by atoms with Crippen LogP contribution in [0.3, 0.4) is 0 Å². The van der Waals surface area contributed by atoms with Crippen LogP contribution in [0.15, 0.2) is 35.1 Å². The van der Waals surface area contributed by atoms with Crippen LogP contribution < -0.4 is 15.6 Å². The minimum Gasteiger partial charge on any atom is -0.435 e. The number of H-pyrrole nitrogens is 1. The normalized spacial score (nSPS) is 11.1. The Kier molecular flexibility index (Phi) is 5.20. The Bertz CT molecular complexity index is 1030. The van der Waals surface area contributed by atoms with Crippen molar-refractivity contribution in [3.05, 3.63) is 63.2 Å². The number of nitrogens with zero attached hydrogens (tertiary/aromatic N) is 2. The first kappa shape index (κ1) is 18.6. The Morgan fingerprint density at radius 1 is 1.30 bits per heavy atom. The lowest BCUT2D eigenvalue weighted by Crippen LogP contribution is -2.26. The van der Waals surface area contributed by atoms with Crippen molar-refractivity contribution in [2.75, 3.05) is 0 Å². The summed E-state index contributed by atoms with van der Waals surface area (Å²) >= 11 is 0. The van der Waals surface area contributed by atoms with Crippen molar-refractivity contribution < 1.29 is 18.3 Å². The molecular formula is C18H18F2N4O3. The summed E-state index contributed by atoms with van der Waals surface area (Å²) in [6.07, 6.45) is 0.100. The SMILES string of the molecule is Cc1nc2cc(=O)[nH]n2c(C)c1CNC(=O)Cc1ccc(OC(F)F)cc1. The predicted molar refractivity (Wildman–Crippen MR) is 93.9 cm³/mol. The highest BCUT2D eigenvalue weighted by Gasteiger charge is 2.12. The van der Waals surface area contributed by atoms with E-state index in [4.69, 9.17) is 0 Å². The fraction of sp³-hybridized carbons (Fsp3) is 0.278. The summed E-state index contributed by atoms with van der Waals surface area (Å²) in [5.74, 6) is -0.182. The number of benzene rings is 1. The number of hydrogen-bond donors (Lipinski definition) is 2. The molecule has 0 bridgehead atoms. The number of carbonyl (C=O) groups excluding carboxylic acids is 1. The Morgan fingerprint density at radius 3 is 2.67 bits per heavy atom. The number of ether oxygens (including phenoxy) is 1. The summed E-state index contributed by atoms with van der Waals surface area (Å²) in [6.45, 7) is 1.02. The second-order valence-corrected chi connectivity index (χ2v) is 6.05. The van der Waals surface area contributed by atoms with Crippen molar-refractivity contribution in [1.82, 2.24) is 19.9 Å². The number of rotatable bonds is 6. The Hall–Kier alpha value is -3.23. The molecule has 0 aliphatic heterocycles. The molecule has 0 fully saturated rings. The number of alkyl halides is 2. The molecule has 142 valence electrons. The van der Waals surface area contributed by atoms with Gasteiger partial charge in [0.15, 0.2) is 5.65 Å². The maximum Gasteiger partial charge on any atom is 0.387 e. The average Bonchev–Trinajstić information content (AvgIpc) is 2.96. The Labute approximate surface area is 153 Å². The number of fused-ring (bicyclic) bond motifs is 1. The van der Waals surface area contributed by atoms with Gasteiger partial charge in [-0.1, -0.05) is 12.1 Å². The summed E-state index contributed by atoms with van der Waals surface area (Å²) in [5, 5.41) is 5.47. The summed E-state index contributed by atoms with van der Waals surface area (Å²) < 4.78 is 30.1. The van der Waals surface area contributed by atoms with Gasteiger partial charge in [-0.05, 0) is 31.5 Å². The molecule has 0 saturated carbocycles. The molecule has 0 aliphatic carbocycles. The van der Waals surface area contributed by atoms with Gasteiger partial charge in [0.05, 0.1) is 6.42 Å². The van der Waals surface area contributed by atoms with Crippen LogP contribution in [-0.2, 0) is 17.8 Å². The number of amides is 1. The minimum atomic E-state index is -2.88. The fourth-order valence-corrected chi connectivity index (χ4v) is 2.84. The van der Waals surface area contributed by atoms with Crippen molar-refractivity contribution in [2.24, 2.45) is 0 Å². The van der Waals surface area contributed by atoms with E-state index < -0.39 is 6.61 Å². The van der Waals surface area contributed by atoms with Crippen LogP contribution in [0.1, 0.15) is 22.5 Å². The molecule has 0 aliphatic rings. The highest BCUT2D eigenvalue weighted by atomic mass is 19.3. The fourth-order valence-electron chi connectivity index (χ4n) is 2.84. The molecule has 1 aromatic carbocycles. The lowest BCUT2D eigenvalue weighted by molar-refractivity contribution is -0.120. The van der Waals surface area contributed by atoms with Crippen molar-refractivity contribution in [2.45, 2.75) is 33.4 Å². The number of nitrogens with one attached hydrogen (secondary N) is 2. The van der Waals surface area contributed by atoms with E-state index in [-0.39, 0.29) is 30.2 Å². The molecule has 0 radical (unpaired) electrons. The zero-order chi connectivity index (χ0) is 19.6. The van der Waals surface area contributed by atoms with Crippen LogP contribution >= 0.6 is 0 Å². The van der Waals surface area contributed by atoms with Crippen LogP contribution in [0.4, 0.5) is 8.78 Å². The quantitative estimate of drug-likeness (QED) is 0.690. The highest BCUT2D eigenvalue weighted by molar-refractivity contribution is 5.78. The Morgan fingerprint density at radius 2 is 2.00 bits per heavy atom. The van der Waals surface area contributed by atoms with Gasteiger partial charge < -0.3 is 10.1 Å². The van der Waals surface area contributed by atoms with Gasteiger partial charge in [-0.25, -0.2) is 9.50 Å². The van der Waals surface area contributed by atoms with Crippen molar-refractivity contribution in [3.63, 3.8) is 0 Å². The highest BCUT2D eigenvalue weighted by Crippen LogP contribution is 2.16. The van der Waals surface area contributed by atoms with Gasteiger partial charge in [0.1, 0.15) is 5.75 Å². The average molecular weight is 376 g/mol. The molecule has 3 aromatic rings. The molecule has 7 nitrogen and oxygen atoms in total. The first-order valence-electron chi connectivity index (χ1n) is 8.22. The maximum absolute atomic E-state index is 12.2. The van der Waals surface area contributed by atoms with Gasteiger partial charge in [-0.3, -0.25) is 14.7 Å². The molecule has 27 heavy (non-hydrogen) atoms. The first-order valence-corrected chi connectivity index (χ1v) is 8.22.